The Bertz CT molecular complexity index is 996. The quantitative estimate of drug-likeness (QED) is 0.438. The maximum atomic E-state index is 11.5. The van der Waals surface area contributed by atoms with Crippen LogP contribution in [0, 0.1) is 0 Å². The first-order valence-corrected chi connectivity index (χ1v) is 10.1. The Kier molecular flexibility index (Phi) is 3.97. The van der Waals surface area contributed by atoms with Crippen LogP contribution in [-0.2, 0) is 30.4 Å². The molecule has 0 aromatic carbocycles. The third-order valence-corrected chi connectivity index (χ3v) is 6.40. The number of hydrogen-bond acceptors (Lipinski definition) is 7. The zero-order valence-corrected chi connectivity index (χ0v) is 13.5. The summed E-state index contributed by atoms with van der Waals surface area (Å²) in [5.74, 6) is 0. The monoisotopic (exact) mass is 385 g/mol. The molecule has 2 aliphatic rings. The molecule has 2 atom stereocenters. The van der Waals surface area contributed by atoms with Crippen LogP contribution >= 0.6 is 0 Å². The van der Waals surface area contributed by atoms with E-state index in [0.29, 0.717) is 12.2 Å². The van der Waals surface area contributed by atoms with Gasteiger partial charge in [-0.15, -0.1) is 0 Å². The molecule has 0 amide bonds. The van der Waals surface area contributed by atoms with Gasteiger partial charge in [-0.25, -0.2) is 0 Å². The van der Waals surface area contributed by atoms with Gasteiger partial charge in [-0.05, 0) is 29.4 Å². The summed E-state index contributed by atoms with van der Waals surface area (Å²) in [5, 5.41) is -1.99. The molecule has 0 bridgehead atoms. The van der Waals surface area contributed by atoms with E-state index in [1.54, 1.807) is 0 Å². The van der Waals surface area contributed by atoms with E-state index >= 15 is 0 Å². The fourth-order valence-electron chi connectivity index (χ4n) is 2.21. The summed E-state index contributed by atoms with van der Waals surface area (Å²) >= 11 is 0. The van der Waals surface area contributed by atoms with E-state index < -0.39 is 51.0 Å². The van der Waals surface area contributed by atoms with Crippen molar-refractivity contribution in [2.75, 3.05) is 0 Å². The zero-order chi connectivity index (χ0) is 17.8. The molecule has 0 aromatic rings. The van der Waals surface area contributed by atoms with Gasteiger partial charge in [0, 0.05) is 0 Å². The largest absolute Gasteiger partial charge is 0.303 e. The summed E-state index contributed by atoms with van der Waals surface area (Å²) in [7, 11) is -14.9. The van der Waals surface area contributed by atoms with Gasteiger partial charge in [-0.1, -0.05) is 12.2 Å². The van der Waals surface area contributed by atoms with E-state index in [4.69, 9.17) is 10.3 Å². The molecule has 13 heteroatoms. The third kappa shape index (κ3) is 3.03. The Morgan fingerprint density at radius 1 is 1.04 bits per heavy atom. The summed E-state index contributed by atoms with van der Waals surface area (Å²) in [5.41, 5.74) is 4.62. The third-order valence-electron chi connectivity index (χ3n) is 3.31. The average molecular weight is 385 g/mol. The molecule has 0 saturated carbocycles. The van der Waals surface area contributed by atoms with Crippen molar-refractivity contribution in [3.05, 3.63) is 46.4 Å². The maximum Gasteiger partial charge on any atom is 0.294 e. The summed E-state index contributed by atoms with van der Waals surface area (Å²) in [6.07, 6.45) is 4.04. The van der Waals surface area contributed by atoms with Crippen LogP contribution in [0.5, 0.6) is 0 Å². The van der Waals surface area contributed by atoms with E-state index in [-0.39, 0.29) is 5.57 Å². The molecule has 0 aromatic heterocycles. The molecule has 128 valence electrons. The molecule has 0 aliphatic heterocycles. The fraction of sp³-hybridized carbons (Fsp3) is 0.200. The molecule has 0 spiro atoms. The molecule has 10 nitrogen and oxygen atoms in total. The van der Waals surface area contributed by atoms with E-state index in [1.807, 2.05) is 0 Å². The smallest absolute Gasteiger partial charge is 0.294 e. The molecule has 23 heavy (non-hydrogen) atoms. The van der Waals surface area contributed by atoms with Crippen LogP contribution in [0.3, 0.4) is 0 Å². The molecular formula is C10H11NO9S3. The van der Waals surface area contributed by atoms with Crippen LogP contribution in [0.15, 0.2) is 46.4 Å². The molecule has 2 aliphatic carbocycles. The van der Waals surface area contributed by atoms with Crippen LogP contribution in [0.25, 0.3) is 0 Å². The number of fused-ring (bicyclic) bond motifs is 1. The zero-order valence-electron chi connectivity index (χ0n) is 11.1. The van der Waals surface area contributed by atoms with Crippen molar-refractivity contribution >= 4 is 30.4 Å². The predicted molar refractivity (Wildman–Crippen MR) is 78.7 cm³/mol. The van der Waals surface area contributed by atoms with Gasteiger partial charge in [0.25, 0.3) is 30.4 Å². The summed E-state index contributed by atoms with van der Waals surface area (Å²) in [6, 6.07) is 0. The second-order valence-corrected chi connectivity index (χ2v) is 9.37. The van der Waals surface area contributed by atoms with Gasteiger partial charge in [0.05, 0.1) is 4.91 Å². The molecule has 0 radical (unpaired) electrons. The molecule has 0 heterocycles. The van der Waals surface area contributed by atoms with Crippen LogP contribution in [0.1, 0.15) is 0 Å². The Labute approximate surface area is 131 Å². The fourth-order valence-corrected chi connectivity index (χ4v) is 4.42. The Morgan fingerprint density at radius 2 is 1.61 bits per heavy atom. The summed E-state index contributed by atoms with van der Waals surface area (Å²) in [4.78, 5) is -3.63. The minimum atomic E-state index is -5.03. The first-order valence-electron chi connectivity index (χ1n) is 5.71. The van der Waals surface area contributed by atoms with Gasteiger partial charge in [0.2, 0.25) is 0 Å². The van der Waals surface area contributed by atoms with Crippen LogP contribution in [-0.4, -0.2) is 49.0 Å². The minimum absolute atomic E-state index is 0.359. The lowest BCUT2D eigenvalue weighted by atomic mass is 9.88. The van der Waals surface area contributed by atoms with Crippen LogP contribution in [0.2, 0.25) is 0 Å². The second kappa shape index (κ2) is 5.07. The van der Waals surface area contributed by atoms with Crippen LogP contribution < -0.4 is 5.73 Å². The van der Waals surface area contributed by atoms with Gasteiger partial charge in [0.1, 0.15) is 5.25 Å². The molecular weight excluding hydrogens is 374 g/mol. The van der Waals surface area contributed by atoms with E-state index in [0.717, 1.165) is 18.2 Å². The highest BCUT2D eigenvalue weighted by atomic mass is 32.2. The van der Waals surface area contributed by atoms with Crippen LogP contribution in [0.4, 0.5) is 0 Å². The predicted octanol–water partition coefficient (Wildman–Crippen LogP) is -1.01. The normalized spacial score (nSPS) is 28.5. The molecule has 0 saturated heterocycles. The van der Waals surface area contributed by atoms with Gasteiger partial charge in [-0.3, -0.25) is 13.7 Å². The van der Waals surface area contributed by atoms with Crippen molar-refractivity contribution in [3.8, 4) is 0 Å². The van der Waals surface area contributed by atoms with Crippen molar-refractivity contribution in [3.63, 3.8) is 0 Å². The summed E-state index contributed by atoms with van der Waals surface area (Å²) in [6.45, 7) is 0. The lowest BCUT2D eigenvalue weighted by molar-refractivity contribution is 0.456. The van der Waals surface area contributed by atoms with E-state index in [2.05, 4.69) is 0 Å². The van der Waals surface area contributed by atoms with Crippen molar-refractivity contribution in [1.82, 2.24) is 0 Å². The van der Waals surface area contributed by atoms with E-state index in [9.17, 15) is 34.4 Å². The highest BCUT2D eigenvalue weighted by Crippen LogP contribution is 2.40. The highest BCUT2D eigenvalue weighted by molar-refractivity contribution is 7.90. The van der Waals surface area contributed by atoms with Crippen molar-refractivity contribution in [2.45, 2.75) is 10.1 Å². The average Bonchev–Trinajstić information content (AvgIpc) is 2.34. The first kappa shape index (κ1) is 18.0. The minimum Gasteiger partial charge on any atom is -0.303 e. The lowest BCUT2D eigenvalue weighted by Gasteiger charge is -2.33. The van der Waals surface area contributed by atoms with Gasteiger partial charge in [0.15, 0.2) is 4.87 Å². The number of rotatable bonds is 3. The number of hydrogen-bond donors (Lipinski definition) is 4. The Morgan fingerprint density at radius 3 is 2.04 bits per heavy atom. The molecule has 0 fully saturated rings. The van der Waals surface area contributed by atoms with Crippen molar-refractivity contribution in [2.24, 2.45) is 5.73 Å². The van der Waals surface area contributed by atoms with Gasteiger partial charge < -0.3 is 5.73 Å². The van der Waals surface area contributed by atoms with Gasteiger partial charge >= 0.3 is 0 Å². The molecule has 5 N–H and O–H groups in total. The maximum absolute atomic E-state index is 11.5. The molecule has 2 rings (SSSR count). The lowest BCUT2D eigenvalue weighted by Crippen LogP contribution is -2.50. The highest BCUT2D eigenvalue weighted by Gasteiger charge is 2.48. The first-order chi connectivity index (χ1) is 10.2. The van der Waals surface area contributed by atoms with E-state index in [1.165, 1.54) is 0 Å². The number of nitrogens with two attached hydrogens (primary N) is 1. The second-order valence-electron chi connectivity index (χ2n) is 4.79. The topological polar surface area (TPSA) is 189 Å². The Hall–Kier alpha value is -1.35. The summed E-state index contributed by atoms with van der Waals surface area (Å²) < 4.78 is 96.2. The SMILES string of the molecule is NC1(S(=O)(=O)O)C=CC=C2C1=CC(S(=O)(=O)O)=CC2S(=O)(=O)O. The molecule has 2 unspecified atom stereocenters. The van der Waals surface area contributed by atoms with Crippen molar-refractivity contribution in [1.29, 1.82) is 0 Å². The Balaban J connectivity index is 2.86. The number of allylic oxidation sites excluding steroid dienone is 3. The van der Waals surface area contributed by atoms with Crippen molar-refractivity contribution < 1.29 is 38.9 Å². The standard InChI is InChI=1S/C10H11NO9S3/c11-10(23(18,19)20)3-1-2-7-8(10)4-6(21(12,13)14)5-9(7)22(15,16)17/h1-5,9H,11H2,(H,12,13,14)(H,15,16,17)(H,18,19,20). The van der Waals surface area contributed by atoms with Gasteiger partial charge in [-0.2, -0.15) is 25.3 Å².